The topological polar surface area (TPSA) is 28.5 Å². The molecule has 14 heavy (non-hydrogen) atoms. The Bertz CT molecular complexity index is 321. The lowest BCUT2D eigenvalue weighted by Gasteiger charge is -2.12. The number of amidine groups is 1. The van der Waals surface area contributed by atoms with Crippen LogP contribution in [0.1, 0.15) is 0 Å². The number of nitrogens with zero attached hydrogens (tertiary/aromatic N) is 3. The van der Waals surface area contributed by atoms with Gasteiger partial charge in [-0.25, -0.2) is 9.98 Å². The average Bonchev–Trinajstić information content (AvgIpc) is 2.16. The Morgan fingerprint density at radius 1 is 1.50 bits per heavy atom. The molecule has 0 spiro atoms. The van der Waals surface area contributed by atoms with Crippen molar-refractivity contribution in [3.63, 3.8) is 0 Å². The second kappa shape index (κ2) is 5.22. The number of aliphatic imine (C=N–C) groups is 1. The van der Waals surface area contributed by atoms with Gasteiger partial charge in [0.25, 0.3) is 0 Å². The normalized spacial score (nSPS) is 11.6. The minimum atomic E-state index is 0.486. The van der Waals surface area contributed by atoms with Gasteiger partial charge in [-0.2, -0.15) is 0 Å². The van der Waals surface area contributed by atoms with Gasteiger partial charge in [0.15, 0.2) is 5.17 Å². The Labute approximate surface area is 93.2 Å². The van der Waals surface area contributed by atoms with E-state index in [1.54, 1.807) is 24.0 Å². The fraction of sp³-hybridized carbons (Fsp3) is 0.333. The molecule has 0 aromatic carbocycles. The maximum Gasteiger partial charge on any atom is 0.163 e. The Morgan fingerprint density at radius 2 is 2.21 bits per heavy atom. The van der Waals surface area contributed by atoms with Gasteiger partial charge in [-0.05, 0) is 18.4 Å². The molecule has 0 bridgehead atoms. The molecule has 0 amide bonds. The molecule has 1 aromatic heterocycles. The summed E-state index contributed by atoms with van der Waals surface area (Å²) in [5.74, 6) is 0. The first-order valence-corrected chi connectivity index (χ1v) is 5.65. The molecule has 76 valence electrons. The van der Waals surface area contributed by atoms with Gasteiger partial charge in [0.05, 0.1) is 11.9 Å². The van der Waals surface area contributed by atoms with Crippen molar-refractivity contribution in [3.8, 4) is 0 Å². The quantitative estimate of drug-likeness (QED) is 0.421. The van der Waals surface area contributed by atoms with Crippen LogP contribution in [0.4, 0.5) is 5.69 Å². The summed E-state index contributed by atoms with van der Waals surface area (Å²) in [6.45, 7) is 0. The summed E-state index contributed by atoms with van der Waals surface area (Å²) in [7, 11) is 3.91. The maximum atomic E-state index is 5.67. The molecule has 0 aliphatic carbocycles. The van der Waals surface area contributed by atoms with Gasteiger partial charge in [-0.1, -0.05) is 23.4 Å². The van der Waals surface area contributed by atoms with E-state index in [0.717, 1.165) is 10.9 Å². The van der Waals surface area contributed by atoms with Crippen LogP contribution in [-0.4, -0.2) is 35.4 Å². The van der Waals surface area contributed by atoms with Gasteiger partial charge >= 0.3 is 0 Å². The predicted molar refractivity (Wildman–Crippen MR) is 63.5 cm³/mol. The molecule has 0 N–H and O–H groups in total. The zero-order valence-electron chi connectivity index (χ0n) is 8.36. The lowest BCUT2D eigenvalue weighted by molar-refractivity contribution is 0.637. The summed E-state index contributed by atoms with van der Waals surface area (Å²) in [5.41, 5.74) is 0.812. The van der Waals surface area contributed by atoms with Crippen LogP contribution in [0.5, 0.6) is 0 Å². The van der Waals surface area contributed by atoms with Crippen LogP contribution in [0, 0.1) is 0 Å². The van der Waals surface area contributed by atoms with Crippen LogP contribution in [0.2, 0.25) is 5.15 Å². The highest BCUT2D eigenvalue weighted by Crippen LogP contribution is 2.15. The maximum absolute atomic E-state index is 5.67. The number of thioether (sulfide) groups is 1. The molecule has 0 saturated heterocycles. The molecule has 1 heterocycles. The molecule has 0 saturated carbocycles. The van der Waals surface area contributed by atoms with Gasteiger partial charge in [0.1, 0.15) is 5.15 Å². The van der Waals surface area contributed by atoms with Gasteiger partial charge < -0.3 is 4.90 Å². The van der Waals surface area contributed by atoms with Gasteiger partial charge in [-0.3, -0.25) is 0 Å². The highest BCUT2D eigenvalue weighted by molar-refractivity contribution is 8.13. The third-order valence-corrected chi connectivity index (χ3v) is 2.55. The molecule has 1 rings (SSSR count). The molecule has 0 aliphatic rings. The molecule has 0 unspecified atom stereocenters. The summed E-state index contributed by atoms with van der Waals surface area (Å²) >= 11 is 7.26. The van der Waals surface area contributed by atoms with Crippen LogP contribution in [0.15, 0.2) is 23.3 Å². The second-order valence-electron chi connectivity index (χ2n) is 2.83. The van der Waals surface area contributed by atoms with Crippen molar-refractivity contribution in [2.45, 2.75) is 0 Å². The number of halogens is 1. The smallest absolute Gasteiger partial charge is 0.163 e. The summed E-state index contributed by atoms with van der Waals surface area (Å²) in [4.78, 5) is 10.3. The Morgan fingerprint density at radius 3 is 2.64 bits per heavy atom. The minimum Gasteiger partial charge on any atom is -0.357 e. The third kappa shape index (κ3) is 3.20. The van der Waals surface area contributed by atoms with E-state index < -0.39 is 0 Å². The van der Waals surface area contributed by atoms with Crippen molar-refractivity contribution in [1.82, 2.24) is 9.88 Å². The zero-order valence-corrected chi connectivity index (χ0v) is 9.93. The van der Waals surface area contributed by atoms with E-state index in [2.05, 4.69) is 9.98 Å². The van der Waals surface area contributed by atoms with Crippen molar-refractivity contribution in [1.29, 1.82) is 0 Å². The molecule has 0 aliphatic heterocycles. The van der Waals surface area contributed by atoms with Crippen LogP contribution >= 0.6 is 23.4 Å². The molecule has 5 heteroatoms. The first-order valence-electron chi connectivity index (χ1n) is 4.05. The van der Waals surface area contributed by atoms with Crippen LogP contribution in [-0.2, 0) is 0 Å². The molecular weight excluding hydrogens is 218 g/mol. The van der Waals surface area contributed by atoms with E-state index in [1.165, 1.54) is 0 Å². The van der Waals surface area contributed by atoms with E-state index in [4.69, 9.17) is 11.6 Å². The number of hydrogen-bond acceptors (Lipinski definition) is 3. The summed E-state index contributed by atoms with van der Waals surface area (Å²) < 4.78 is 0. The highest BCUT2D eigenvalue weighted by atomic mass is 35.5. The van der Waals surface area contributed by atoms with Crippen molar-refractivity contribution < 1.29 is 0 Å². The van der Waals surface area contributed by atoms with Crippen LogP contribution < -0.4 is 0 Å². The van der Waals surface area contributed by atoms with Crippen LogP contribution in [0.25, 0.3) is 0 Å². The Balaban J connectivity index is 2.89. The van der Waals surface area contributed by atoms with Gasteiger partial charge in [0, 0.05) is 14.1 Å². The Kier molecular flexibility index (Phi) is 4.22. The zero-order chi connectivity index (χ0) is 10.6. The third-order valence-electron chi connectivity index (χ3n) is 1.50. The minimum absolute atomic E-state index is 0.486. The summed E-state index contributed by atoms with van der Waals surface area (Å²) in [6, 6.07) is 3.57. The lowest BCUT2D eigenvalue weighted by atomic mass is 10.4. The first-order chi connectivity index (χ1) is 6.63. The van der Waals surface area contributed by atoms with E-state index in [-0.39, 0.29) is 0 Å². The van der Waals surface area contributed by atoms with Gasteiger partial charge in [0.2, 0.25) is 0 Å². The van der Waals surface area contributed by atoms with E-state index in [9.17, 15) is 0 Å². The van der Waals surface area contributed by atoms with Gasteiger partial charge in [-0.15, -0.1) is 0 Å². The lowest BCUT2D eigenvalue weighted by Crippen LogP contribution is -2.17. The fourth-order valence-electron chi connectivity index (χ4n) is 0.873. The number of aromatic nitrogens is 1. The molecule has 0 atom stereocenters. The average molecular weight is 230 g/mol. The summed E-state index contributed by atoms with van der Waals surface area (Å²) in [5, 5.41) is 1.42. The van der Waals surface area contributed by atoms with Crippen molar-refractivity contribution >= 4 is 34.2 Å². The molecule has 3 nitrogen and oxygen atoms in total. The SMILES string of the molecule is CSC(=Nc1ccc(Cl)nc1)N(C)C. The standard InChI is InChI=1S/C9H12ClN3S/c1-13(2)9(14-3)12-7-4-5-8(10)11-6-7/h4-6H,1-3H3. The molecule has 0 fully saturated rings. The van der Waals surface area contributed by atoms with E-state index in [0.29, 0.717) is 5.15 Å². The first kappa shape index (κ1) is 11.3. The second-order valence-corrected chi connectivity index (χ2v) is 3.99. The summed E-state index contributed by atoms with van der Waals surface area (Å²) in [6.07, 6.45) is 3.64. The predicted octanol–water partition coefficient (Wildman–Crippen LogP) is 2.65. The molecule has 1 aromatic rings. The van der Waals surface area contributed by atoms with Crippen molar-refractivity contribution in [2.24, 2.45) is 4.99 Å². The van der Waals surface area contributed by atoms with E-state index >= 15 is 0 Å². The van der Waals surface area contributed by atoms with Crippen LogP contribution in [0.3, 0.4) is 0 Å². The Hall–Kier alpha value is -0.740. The number of pyridine rings is 1. The fourth-order valence-corrected chi connectivity index (χ4v) is 1.55. The van der Waals surface area contributed by atoms with E-state index in [1.807, 2.05) is 31.3 Å². The van der Waals surface area contributed by atoms with Crippen molar-refractivity contribution in [3.05, 3.63) is 23.5 Å². The highest BCUT2D eigenvalue weighted by Gasteiger charge is 1.99. The largest absolute Gasteiger partial charge is 0.357 e. The molecular formula is C9H12ClN3S. The number of hydrogen-bond donors (Lipinski definition) is 0. The number of rotatable bonds is 1. The monoisotopic (exact) mass is 229 g/mol. The van der Waals surface area contributed by atoms with Crippen molar-refractivity contribution in [2.75, 3.05) is 20.4 Å². The molecule has 0 radical (unpaired) electrons.